The van der Waals surface area contributed by atoms with Crippen molar-refractivity contribution in [1.82, 2.24) is 4.31 Å². The molecule has 21 heavy (non-hydrogen) atoms. The van der Waals surface area contributed by atoms with Crippen molar-refractivity contribution in [3.05, 3.63) is 39.9 Å². The molecule has 0 aliphatic carbocycles. The van der Waals surface area contributed by atoms with Gasteiger partial charge in [0.15, 0.2) is 0 Å². The summed E-state index contributed by atoms with van der Waals surface area (Å²) in [5.74, 6) is -0.262. The number of benzene rings is 1. The lowest BCUT2D eigenvalue weighted by Crippen LogP contribution is -2.50. The summed E-state index contributed by atoms with van der Waals surface area (Å²) in [5.41, 5.74) is 0.375. The van der Waals surface area contributed by atoms with Gasteiger partial charge in [-0.05, 0) is 5.56 Å². The summed E-state index contributed by atoms with van der Waals surface area (Å²) in [5, 5.41) is 19.8. The van der Waals surface area contributed by atoms with Crippen molar-refractivity contribution < 1.29 is 23.2 Å². The van der Waals surface area contributed by atoms with Crippen LogP contribution in [0.1, 0.15) is 5.56 Å². The van der Waals surface area contributed by atoms with Crippen molar-refractivity contribution >= 4 is 15.7 Å². The molecule has 0 amide bonds. The molecule has 1 aliphatic rings. The largest absolute Gasteiger partial charge is 0.395 e. The highest BCUT2D eigenvalue weighted by Crippen LogP contribution is 2.19. The molecule has 0 radical (unpaired) electrons. The predicted molar refractivity (Wildman–Crippen MR) is 74.1 cm³/mol. The van der Waals surface area contributed by atoms with E-state index < -0.39 is 21.0 Å². The van der Waals surface area contributed by atoms with E-state index in [1.807, 2.05) is 0 Å². The molecule has 0 spiro atoms. The Bertz CT molecular complexity index is 601. The molecule has 8 nitrogen and oxygen atoms in total. The Balaban J connectivity index is 2.14. The minimum Gasteiger partial charge on any atom is -0.395 e. The molecule has 1 aliphatic heterocycles. The fraction of sp³-hybridized carbons (Fsp3) is 0.500. The van der Waals surface area contributed by atoms with Crippen LogP contribution in [0.3, 0.4) is 0 Å². The highest BCUT2D eigenvalue weighted by Gasteiger charge is 2.32. The van der Waals surface area contributed by atoms with E-state index in [4.69, 9.17) is 4.74 Å². The van der Waals surface area contributed by atoms with E-state index >= 15 is 0 Å². The number of ether oxygens (including phenoxy) is 1. The van der Waals surface area contributed by atoms with Crippen LogP contribution in [0.4, 0.5) is 5.69 Å². The number of nitro benzene ring substituents is 1. The summed E-state index contributed by atoms with van der Waals surface area (Å²) in [4.78, 5) is 10.0. The first-order chi connectivity index (χ1) is 9.94. The number of morpholine rings is 1. The van der Waals surface area contributed by atoms with Crippen molar-refractivity contribution in [2.45, 2.75) is 11.8 Å². The summed E-state index contributed by atoms with van der Waals surface area (Å²) in [6, 6.07) is 4.80. The average molecular weight is 316 g/mol. The quantitative estimate of drug-likeness (QED) is 0.610. The van der Waals surface area contributed by atoms with Crippen LogP contribution in [0.15, 0.2) is 24.3 Å². The van der Waals surface area contributed by atoms with Crippen molar-refractivity contribution in [3.8, 4) is 0 Å². The van der Waals surface area contributed by atoms with E-state index in [9.17, 15) is 23.6 Å². The molecular weight excluding hydrogens is 300 g/mol. The lowest BCUT2D eigenvalue weighted by atomic mass is 10.2. The number of nitro groups is 1. The van der Waals surface area contributed by atoms with Gasteiger partial charge in [0.2, 0.25) is 10.0 Å². The van der Waals surface area contributed by atoms with Crippen LogP contribution in [0.5, 0.6) is 0 Å². The fourth-order valence-electron chi connectivity index (χ4n) is 2.16. The Morgan fingerprint density at radius 3 is 2.62 bits per heavy atom. The lowest BCUT2D eigenvalue weighted by Gasteiger charge is -2.33. The van der Waals surface area contributed by atoms with E-state index in [-0.39, 0.29) is 37.8 Å². The van der Waals surface area contributed by atoms with Crippen LogP contribution in [0, 0.1) is 10.1 Å². The Morgan fingerprint density at radius 1 is 1.38 bits per heavy atom. The van der Waals surface area contributed by atoms with Gasteiger partial charge in [0.25, 0.3) is 5.69 Å². The van der Waals surface area contributed by atoms with Crippen molar-refractivity contribution in [1.29, 1.82) is 0 Å². The minimum absolute atomic E-state index is 0.0873. The van der Waals surface area contributed by atoms with E-state index in [1.54, 1.807) is 0 Å². The molecule has 116 valence electrons. The van der Waals surface area contributed by atoms with Gasteiger partial charge in [0.05, 0.1) is 36.5 Å². The fourth-order valence-corrected chi connectivity index (χ4v) is 3.87. The van der Waals surface area contributed by atoms with Crippen LogP contribution in [-0.4, -0.2) is 55.2 Å². The number of hydrogen-bond donors (Lipinski definition) is 1. The highest BCUT2D eigenvalue weighted by molar-refractivity contribution is 7.88. The first-order valence-corrected chi connectivity index (χ1v) is 7.96. The van der Waals surface area contributed by atoms with Gasteiger partial charge in [-0.2, -0.15) is 4.31 Å². The van der Waals surface area contributed by atoms with E-state index in [0.717, 1.165) is 0 Å². The van der Waals surface area contributed by atoms with Gasteiger partial charge in [-0.1, -0.05) is 12.1 Å². The molecular formula is C12H16N2O6S. The molecule has 9 heteroatoms. The Labute approximate surface area is 122 Å². The SMILES string of the molecule is O=[N+]([O-])c1ccc(CS(=O)(=O)N2CCOCC2CO)cc1. The second kappa shape index (κ2) is 6.48. The summed E-state index contributed by atoms with van der Waals surface area (Å²) in [7, 11) is -3.61. The van der Waals surface area contributed by atoms with Crippen LogP contribution in [0.2, 0.25) is 0 Å². The third kappa shape index (κ3) is 3.76. The molecule has 0 saturated carbocycles. The van der Waals surface area contributed by atoms with Gasteiger partial charge in [-0.15, -0.1) is 0 Å². The van der Waals surface area contributed by atoms with Crippen molar-refractivity contribution in [2.24, 2.45) is 0 Å². The van der Waals surface area contributed by atoms with E-state index in [2.05, 4.69) is 0 Å². The summed E-state index contributed by atoms with van der Waals surface area (Å²) >= 11 is 0. The predicted octanol–water partition coefficient (Wildman–Crippen LogP) is 0.118. The summed E-state index contributed by atoms with van der Waals surface area (Å²) < 4.78 is 31.1. The number of aliphatic hydroxyl groups excluding tert-OH is 1. The first-order valence-electron chi connectivity index (χ1n) is 6.35. The van der Waals surface area contributed by atoms with Gasteiger partial charge in [0.1, 0.15) is 0 Å². The zero-order chi connectivity index (χ0) is 15.5. The Morgan fingerprint density at radius 2 is 2.05 bits per heavy atom. The normalized spacial score (nSPS) is 20.3. The zero-order valence-electron chi connectivity index (χ0n) is 11.2. The molecule has 2 rings (SSSR count). The third-order valence-corrected chi connectivity index (χ3v) is 5.13. The number of sulfonamides is 1. The summed E-state index contributed by atoms with van der Waals surface area (Å²) in [6.07, 6.45) is 0. The highest BCUT2D eigenvalue weighted by atomic mass is 32.2. The molecule has 1 N–H and O–H groups in total. The maximum atomic E-state index is 12.4. The molecule has 0 bridgehead atoms. The zero-order valence-corrected chi connectivity index (χ0v) is 12.0. The Kier molecular flexibility index (Phi) is 4.88. The van der Waals surface area contributed by atoms with Gasteiger partial charge in [0, 0.05) is 18.7 Å². The number of non-ortho nitro benzene ring substituents is 1. The lowest BCUT2D eigenvalue weighted by molar-refractivity contribution is -0.384. The molecule has 1 aromatic carbocycles. The van der Waals surface area contributed by atoms with E-state index in [1.165, 1.54) is 28.6 Å². The van der Waals surface area contributed by atoms with Crippen LogP contribution in [-0.2, 0) is 20.5 Å². The third-order valence-electron chi connectivity index (χ3n) is 3.24. The number of hydrogen-bond acceptors (Lipinski definition) is 6. The van der Waals surface area contributed by atoms with Gasteiger partial charge in [-0.25, -0.2) is 8.42 Å². The first kappa shape index (κ1) is 15.8. The van der Waals surface area contributed by atoms with Crippen LogP contribution in [0.25, 0.3) is 0 Å². The van der Waals surface area contributed by atoms with E-state index in [0.29, 0.717) is 5.56 Å². The van der Waals surface area contributed by atoms with Crippen molar-refractivity contribution in [2.75, 3.05) is 26.4 Å². The molecule has 1 saturated heterocycles. The topological polar surface area (TPSA) is 110 Å². The average Bonchev–Trinajstić information content (AvgIpc) is 2.47. The Hall–Kier alpha value is -1.55. The molecule has 1 fully saturated rings. The van der Waals surface area contributed by atoms with Gasteiger partial charge >= 0.3 is 0 Å². The van der Waals surface area contributed by atoms with Gasteiger partial charge < -0.3 is 9.84 Å². The molecule has 1 unspecified atom stereocenters. The second-order valence-electron chi connectivity index (χ2n) is 4.70. The standard InChI is InChI=1S/C12H16N2O6S/c15-7-12-8-20-6-5-13(12)21(18,19)9-10-1-3-11(4-2-10)14(16)17/h1-4,12,15H,5-9H2. The molecule has 1 aromatic rings. The summed E-state index contributed by atoms with van der Waals surface area (Å²) in [6.45, 7) is 0.339. The molecule has 0 aromatic heterocycles. The monoisotopic (exact) mass is 316 g/mol. The number of nitrogens with zero attached hydrogens (tertiary/aromatic N) is 2. The maximum Gasteiger partial charge on any atom is 0.269 e. The van der Waals surface area contributed by atoms with Crippen LogP contribution < -0.4 is 0 Å². The number of rotatable bonds is 5. The van der Waals surface area contributed by atoms with Crippen molar-refractivity contribution in [3.63, 3.8) is 0 Å². The van der Waals surface area contributed by atoms with Crippen LogP contribution >= 0.6 is 0 Å². The maximum absolute atomic E-state index is 12.4. The molecule has 1 heterocycles. The van der Waals surface area contributed by atoms with Gasteiger partial charge in [-0.3, -0.25) is 10.1 Å². The minimum atomic E-state index is -3.61. The second-order valence-corrected chi connectivity index (χ2v) is 6.62. The smallest absolute Gasteiger partial charge is 0.269 e. The number of aliphatic hydroxyl groups is 1. The molecule has 1 atom stereocenters.